The summed E-state index contributed by atoms with van der Waals surface area (Å²) in [4.78, 5) is 59.4. The molecule has 4 atom stereocenters. The summed E-state index contributed by atoms with van der Waals surface area (Å²) in [6, 6.07) is 19.9. The minimum atomic E-state index is -1.12. The summed E-state index contributed by atoms with van der Waals surface area (Å²) < 4.78 is 5.77. The number of halogens is 3. The van der Waals surface area contributed by atoms with Crippen LogP contribution in [0.1, 0.15) is 53.3 Å². The van der Waals surface area contributed by atoms with E-state index >= 15 is 0 Å². The molecule has 6 rings (SSSR count). The number of anilines is 1. The summed E-state index contributed by atoms with van der Waals surface area (Å²) in [5, 5.41) is 1.27. The van der Waals surface area contributed by atoms with Gasteiger partial charge in [0.15, 0.2) is 6.10 Å². The van der Waals surface area contributed by atoms with Gasteiger partial charge >= 0.3 is 5.97 Å². The highest BCUT2D eigenvalue weighted by Gasteiger charge is 2.50. The Morgan fingerprint density at radius 1 is 0.956 bits per heavy atom. The molecule has 1 aliphatic heterocycles. The first-order valence-electron chi connectivity index (χ1n) is 14.8. The molecule has 2 aliphatic rings. The fraction of sp³-hybridized carbons (Fsp3) is 0.286. The highest BCUT2D eigenvalue weighted by Crippen LogP contribution is 2.42. The molecule has 1 aromatic heterocycles. The molecule has 2 heterocycles. The van der Waals surface area contributed by atoms with Crippen molar-refractivity contribution in [3.63, 3.8) is 0 Å². The van der Waals surface area contributed by atoms with E-state index in [9.17, 15) is 19.2 Å². The van der Waals surface area contributed by atoms with Crippen molar-refractivity contribution in [2.75, 3.05) is 10.8 Å². The monoisotopic (exact) mass is 662 g/mol. The quantitative estimate of drug-likeness (QED) is 0.0817. The van der Waals surface area contributed by atoms with Gasteiger partial charge in [-0.1, -0.05) is 54.4 Å². The van der Waals surface area contributed by atoms with Gasteiger partial charge in [0, 0.05) is 33.8 Å². The van der Waals surface area contributed by atoms with Crippen molar-refractivity contribution in [3.05, 3.63) is 94.0 Å². The number of aromatic nitrogens is 1. The zero-order valence-corrected chi connectivity index (χ0v) is 26.6. The number of hydrogen-bond donors (Lipinski definition) is 0. The number of esters is 1. The lowest BCUT2D eigenvalue weighted by atomic mass is 9.76. The van der Waals surface area contributed by atoms with Crippen LogP contribution in [0.3, 0.4) is 0 Å². The molecule has 1 saturated heterocycles. The van der Waals surface area contributed by atoms with E-state index in [0.29, 0.717) is 49.4 Å². The van der Waals surface area contributed by atoms with Crippen LogP contribution in [-0.2, 0) is 14.3 Å². The molecule has 4 aromatic rings. The van der Waals surface area contributed by atoms with Gasteiger partial charge in [-0.3, -0.25) is 19.3 Å². The van der Waals surface area contributed by atoms with E-state index in [1.54, 1.807) is 72.8 Å². The second-order valence-electron chi connectivity index (χ2n) is 11.6. The maximum Gasteiger partial charge on any atom is 0.339 e. The first kappa shape index (κ1) is 31.2. The second kappa shape index (κ2) is 12.9. The van der Waals surface area contributed by atoms with Gasteiger partial charge in [-0.15, -0.1) is 11.6 Å². The zero-order chi connectivity index (χ0) is 31.8. The van der Waals surface area contributed by atoms with Crippen LogP contribution < -0.4 is 4.90 Å². The van der Waals surface area contributed by atoms with Gasteiger partial charge in [0.2, 0.25) is 17.6 Å². The van der Waals surface area contributed by atoms with Crippen LogP contribution in [0.4, 0.5) is 5.69 Å². The van der Waals surface area contributed by atoms with Crippen molar-refractivity contribution in [1.82, 2.24) is 4.98 Å². The van der Waals surface area contributed by atoms with Crippen molar-refractivity contribution >= 4 is 75.0 Å². The summed E-state index contributed by atoms with van der Waals surface area (Å²) in [7, 11) is 0. The molecule has 7 nitrogen and oxygen atoms in total. The number of ether oxygens (including phenoxy) is 1. The molecule has 10 heteroatoms. The molecule has 2 fully saturated rings. The van der Waals surface area contributed by atoms with Gasteiger partial charge in [0.25, 0.3) is 0 Å². The first-order chi connectivity index (χ1) is 21.7. The number of benzene rings is 3. The average molecular weight is 664 g/mol. The van der Waals surface area contributed by atoms with Gasteiger partial charge < -0.3 is 4.74 Å². The van der Waals surface area contributed by atoms with Crippen molar-refractivity contribution in [1.29, 1.82) is 0 Å². The number of rotatable bonds is 8. The van der Waals surface area contributed by atoms with Crippen LogP contribution in [0.15, 0.2) is 72.8 Å². The van der Waals surface area contributed by atoms with Gasteiger partial charge in [0.1, 0.15) is 0 Å². The predicted molar refractivity (Wildman–Crippen MR) is 175 cm³/mol. The van der Waals surface area contributed by atoms with Crippen molar-refractivity contribution in [2.24, 2.45) is 17.8 Å². The van der Waals surface area contributed by atoms with Crippen LogP contribution in [0, 0.1) is 17.8 Å². The lowest BCUT2D eigenvalue weighted by Gasteiger charge is -2.25. The Morgan fingerprint density at radius 3 is 2.38 bits per heavy atom. The molecule has 0 radical (unpaired) electrons. The molecular formula is C35H29Cl3N2O5. The molecule has 0 spiro atoms. The number of alkyl halides is 1. The number of amides is 2. The highest BCUT2D eigenvalue weighted by molar-refractivity contribution is 6.35. The number of Topliss-reactive ketones (excluding diaryl/α,β-unsaturated/α-hetero) is 1. The molecule has 0 N–H and O–H groups in total. The van der Waals surface area contributed by atoms with Crippen LogP contribution in [0.5, 0.6) is 0 Å². The fourth-order valence-corrected chi connectivity index (χ4v) is 6.83. The lowest BCUT2D eigenvalue weighted by Crippen LogP contribution is -2.30. The summed E-state index contributed by atoms with van der Waals surface area (Å²) >= 11 is 18.5. The molecule has 230 valence electrons. The number of imide groups is 1. The van der Waals surface area contributed by atoms with Gasteiger partial charge in [-0.2, -0.15) is 0 Å². The third-order valence-electron chi connectivity index (χ3n) is 8.66. The SMILES string of the molecule is CC1CCC2C(=O)N(c3ccc(-c4cc(C(=O)OC(CCCl)C(=O)c5ccc(Cl)cc5)c5cccc(Cl)c5n4)cc3)C(=O)C2C1. The molecule has 4 unspecified atom stereocenters. The number of nitrogens with zero attached hydrogens (tertiary/aromatic N) is 2. The number of ketones is 1. The van der Waals surface area contributed by atoms with Crippen LogP contribution >= 0.6 is 34.8 Å². The van der Waals surface area contributed by atoms with Gasteiger partial charge in [-0.05, 0) is 73.7 Å². The number of para-hydroxylation sites is 1. The summed E-state index contributed by atoms with van der Waals surface area (Å²) in [5.74, 6) is -1.45. The number of pyridine rings is 1. The Balaban J connectivity index is 1.31. The molecule has 1 saturated carbocycles. The van der Waals surface area contributed by atoms with E-state index in [1.807, 2.05) is 0 Å². The van der Waals surface area contributed by atoms with Crippen LogP contribution in [0.2, 0.25) is 10.0 Å². The Hall–Kier alpha value is -3.78. The maximum atomic E-state index is 13.7. The summed E-state index contributed by atoms with van der Waals surface area (Å²) in [5.41, 5.74) is 2.46. The molecular weight excluding hydrogens is 635 g/mol. The third-order valence-corrected chi connectivity index (χ3v) is 9.44. The summed E-state index contributed by atoms with van der Waals surface area (Å²) in [6.07, 6.45) is 1.38. The number of fused-ring (bicyclic) bond motifs is 2. The Kier molecular flexibility index (Phi) is 8.96. The van der Waals surface area contributed by atoms with Crippen molar-refractivity contribution < 1.29 is 23.9 Å². The highest BCUT2D eigenvalue weighted by atomic mass is 35.5. The van der Waals surface area contributed by atoms with Crippen LogP contribution in [0.25, 0.3) is 22.2 Å². The zero-order valence-electron chi connectivity index (χ0n) is 24.3. The van der Waals surface area contributed by atoms with E-state index in [-0.39, 0.29) is 41.5 Å². The largest absolute Gasteiger partial charge is 0.450 e. The predicted octanol–water partition coefficient (Wildman–Crippen LogP) is 8.17. The average Bonchev–Trinajstić information content (AvgIpc) is 3.28. The standard InChI is InChI=1S/C35H29Cl3N2O5/c1-19-5-14-25-26(17-19)34(43)40(33(25)42)23-12-8-20(9-13-23)29-18-27(24-3-2-4-28(38)31(24)39-29)35(44)45-30(15-16-36)32(41)21-6-10-22(37)11-7-21/h2-4,6-13,18-19,25-26,30H,5,14-17H2,1H3. The Morgan fingerprint density at radius 2 is 1.67 bits per heavy atom. The van der Waals surface area contributed by atoms with E-state index in [0.717, 1.165) is 19.3 Å². The number of hydrogen-bond acceptors (Lipinski definition) is 6. The second-order valence-corrected chi connectivity index (χ2v) is 12.8. The van der Waals surface area contributed by atoms with Gasteiger partial charge in [-0.25, -0.2) is 9.78 Å². The molecule has 2 amide bonds. The first-order valence-corrected chi connectivity index (χ1v) is 16.1. The fourth-order valence-electron chi connectivity index (χ4n) is 6.29. The molecule has 45 heavy (non-hydrogen) atoms. The van der Waals surface area contributed by atoms with E-state index in [1.165, 1.54) is 4.90 Å². The Bertz CT molecular complexity index is 1810. The number of carbonyl (C=O) groups excluding carboxylic acids is 4. The van der Waals surface area contributed by atoms with E-state index in [2.05, 4.69) is 6.92 Å². The van der Waals surface area contributed by atoms with Crippen molar-refractivity contribution in [3.8, 4) is 11.3 Å². The maximum absolute atomic E-state index is 13.7. The summed E-state index contributed by atoms with van der Waals surface area (Å²) in [6.45, 7) is 2.12. The smallest absolute Gasteiger partial charge is 0.339 e. The molecule has 0 bridgehead atoms. The van der Waals surface area contributed by atoms with E-state index in [4.69, 9.17) is 44.5 Å². The molecule has 3 aromatic carbocycles. The van der Waals surface area contributed by atoms with Crippen molar-refractivity contribution in [2.45, 2.75) is 38.7 Å². The normalized spacial score (nSPS) is 20.3. The Labute approximate surface area is 275 Å². The minimum Gasteiger partial charge on any atom is -0.450 e. The topological polar surface area (TPSA) is 93.6 Å². The lowest BCUT2D eigenvalue weighted by molar-refractivity contribution is -0.122. The van der Waals surface area contributed by atoms with Crippen LogP contribution in [-0.4, -0.2) is 40.5 Å². The number of carbonyl (C=O) groups is 4. The van der Waals surface area contributed by atoms with Gasteiger partial charge in [0.05, 0.1) is 39.3 Å². The van der Waals surface area contributed by atoms with E-state index < -0.39 is 17.9 Å². The molecule has 1 aliphatic carbocycles. The third kappa shape index (κ3) is 6.09. The minimum absolute atomic E-state index is 0.0976.